The predicted octanol–water partition coefficient (Wildman–Crippen LogP) is -2.17. The van der Waals surface area contributed by atoms with Crippen LogP contribution in [0.1, 0.15) is 6.92 Å². The van der Waals surface area contributed by atoms with Gasteiger partial charge in [-0.2, -0.15) is 8.42 Å². The van der Waals surface area contributed by atoms with Crippen molar-refractivity contribution in [2.75, 3.05) is 26.3 Å². The lowest BCUT2D eigenvalue weighted by molar-refractivity contribution is -0.0431. The highest BCUT2D eigenvalue weighted by atomic mass is 32.2. The van der Waals surface area contributed by atoms with Gasteiger partial charge in [-0.15, -0.1) is 0 Å². The minimum absolute atomic E-state index is 0.173. The summed E-state index contributed by atoms with van der Waals surface area (Å²) in [6.07, 6.45) is 0. The summed E-state index contributed by atoms with van der Waals surface area (Å²) in [7, 11) is -4.69. The van der Waals surface area contributed by atoms with Crippen LogP contribution in [-0.4, -0.2) is 64.6 Å². The van der Waals surface area contributed by atoms with Crippen LogP contribution >= 0.6 is 0 Å². The van der Waals surface area contributed by atoms with Crippen LogP contribution in [0.25, 0.3) is 0 Å². The molecule has 0 aliphatic carbocycles. The van der Waals surface area contributed by atoms with Crippen LogP contribution in [0.5, 0.6) is 0 Å². The second kappa shape index (κ2) is 5.01. The third-order valence-electron chi connectivity index (χ3n) is 1.82. The third-order valence-corrected chi connectivity index (χ3v) is 3.05. The fourth-order valence-corrected chi connectivity index (χ4v) is 1.44. The molecule has 0 saturated heterocycles. The molecule has 0 aromatic rings. The van der Waals surface area contributed by atoms with Gasteiger partial charge in [0.1, 0.15) is 0 Å². The Morgan fingerprint density at radius 3 is 1.79 bits per heavy atom. The standard InChI is InChI=1S/C6H15NO6S/c1-6(10,14(11,12)13)7(2-4-8)3-5-9/h8-10H,2-5H2,1H3,(H,11,12,13). The average molecular weight is 229 g/mol. The molecule has 14 heavy (non-hydrogen) atoms. The van der Waals surface area contributed by atoms with E-state index in [-0.39, 0.29) is 13.1 Å². The Labute approximate surface area is 82.3 Å². The zero-order valence-electron chi connectivity index (χ0n) is 7.79. The molecule has 0 radical (unpaired) electrons. The zero-order chi connectivity index (χ0) is 11.4. The molecular formula is C6H15NO6S. The molecule has 1 unspecified atom stereocenters. The Bertz CT molecular complexity index is 255. The molecule has 86 valence electrons. The van der Waals surface area contributed by atoms with Crippen LogP contribution < -0.4 is 0 Å². The first-order valence-electron chi connectivity index (χ1n) is 3.93. The monoisotopic (exact) mass is 229 g/mol. The Kier molecular flexibility index (Phi) is 4.92. The van der Waals surface area contributed by atoms with Gasteiger partial charge >= 0.3 is 10.1 Å². The van der Waals surface area contributed by atoms with Crippen LogP contribution in [0.4, 0.5) is 0 Å². The van der Waals surface area contributed by atoms with E-state index in [4.69, 9.17) is 14.8 Å². The molecule has 0 aliphatic heterocycles. The summed E-state index contributed by atoms with van der Waals surface area (Å²) in [4.78, 5) is 0.850. The van der Waals surface area contributed by atoms with Crippen LogP contribution in [-0.2, 0) is 10.1 Å². The summed E-state index contributed by atoms with van der Waals surface area (Å²) in [5.74, 6) is 0. The number of hydrogen-bond acceptors (Lipinski definition) is 6. The zero-order valence-corrected chi connectivity index (χ0v) is 8.61. The molecule has 0 fully saturated rings. The van der Waals surface area contributed by atoms with Gasteiger partial charge in [0.05, 0.1) is 13.2 Å². The molecule has 7 nitrogen and oxygen atoms in total. The minimum Gasteiger partial charge on any atom is -0.395 e. The quantitative estimate of drug-likeness (QED) is 0.302. The van der Waals surface area contributed by atoms with Gasteiger partial charge in [0, 0.05) is 13.1 Å². The molecule has 0 aliphatic rings. The van der Waals surface area contributed by atoms with Crippen molar-refractivity contribution in [2.45, 2.75) is 12.0 Å². The molecule has 0 heterocycles. The maximum Gasteiger partial charge on any atom is 0.309 e. The highest BCUT2D eigenvalue weighted by Gasteiger charge is 2.41. The van der Waals surface area contributed by atoms with Gasteiger partial charge < -0.3 is 15.3 Å². The van der Waals surface area contributed by atoms with Crippen molar-refractivity contribution >= 4 is 10.1 Å². The number of aliphatic hydroxyl groups is 3. The van der Waals surface area contributed by atoms with Crippen molar-refractivity contribution in [3.8, 4) is 0 Å². The van der Waals surface area contributed by atoms with E-state index in [1.165, 1.54) is 0 Å². The van der Waals surface area contributed by atoms with Crippen LogP contribution in [0.2, 0.25) is 0 Å². The fourth-order valence-electron chi connectivity index (χ4n) is 0.931. The SMILES string of the molecule is CC(O)(N(CCO)CCO)S(=O)(=O)O. The largest absolute Gasteiger partial charge is 0.395 e. The topological polar surface area (TPSA) is 118 Å². The number of nitrogens with zero attached hydrogens (tertiary/aromatic N) is 1. The lowest BCUT2D eigenvalue weighted by Crippen LogP contribution is -2.54. The summed E-state index contributed by atoms with van der Waals surface area (Å²) in [6, 6.07) is 0. The predicted molar refractivity (Wildman–Crippen MR) is 47.9 cm³/mol. The summed E-state index contributed by atoms with van der Waals surface area (Å²) in [5.41, 5.74) is 0. The van der Waals surface area contributed by atoms with Crippen molar-refractivity contribution < 1.29 is 28.3 Å². The van der Waals surface area contributed by atoms with Gasteiger partial charge in [0.2, 0.25) is 5.06 Å². The minimum atomic E-state index is -4.69. The fraction of sp³-hybridized carbons (Fsp3) is 1.00. The molecule has 8 heteroatoms. The van der Waals surface area contributed by atoms with Gasteiger partial charge in [-0.05, 0) is 6.92 Å². The third kappa shape index (κ3) is 3.15. The van der Waals surface area contributed by atoms with E-state index in [1.807, 2.05) is 0 Å². The molecule has 1 atom stereocenters. The highest BCUT2D eigenvalue weighted by molar-refractivity contribution is 7.86. The first-order chi connectivity index (χ1) is 6.27. The van der Waals surface area contributed by atoms with Gasteiger partial charge in [-0.1, -0.05) is 0 Å². The van der Waals surface area contributed by atoms with E-state index in [2.05, 4.69) is 0 Å². The molecule has 0 spiro atoms. The summed E-state index contributed by atoms with van der Waals surface area (Å²) < 4.78 is 30.2. The molecule has 0 aromatic heterocycles. The van der Waals surface area contributed by atoms with E-state index in [0.717, 1.165) is 11.8 Å². The molecule has 0 bridgehead atoms. The molecule has 0 saturated carbocycles. The highest BCUT2D eigenvalue weighted by Crippen LogP contribution is 2.16. The summed E-state index contributed by atoms with van der Waals surface area (Å²) >= 11 is 0. The summed E-state index contributed by atoms with van der Waals surface area (Å²) in [5, 5.41) is 24.1. The molecular weight excluding hydrogens is 214 g/mol. The van der Waals surface area contributed by atoms with E-state index >= 15 is 0 Å². The first-order valence-corrected chi connectivity index (χ1v) is 5.37. The smallest absolute Gasteiger partial charge is 0.309 e. The average Bonchev–Trinajstić information content (AvgIpc) is 2.02. The van der Waals surface area contributed by atoms with Gasteiger partial charge in [-0.25, -0.2) is 0 Å². The Morgan fingerprint density at radius 2 is 1.57 bits per heavy atom. The van der Waals surface area contributed by atoms with Crippen molar-refractivity contribution in [3.05, 3.63) is 0 Å². The Balaban J connectivity index is 4.79. The van der Waals surface area contributed by atoms with Gasteiger partial charge in [-0.3, -0.25) is 9.45 Å². The maximum atomic E-state index is 10.7. The molecule has 4 N–H and O–H groups in total. The van der Waals surface area contributed by atoms with Crippen LogP contribution in [0.15, 0.2) is 0 Å². The van der Waals surface area contributed by atoms with Crippen molar-refractivity contribution in [2.24, 2.45) is 0 Å². The number of rotatable bonds is 6. The summed E-state index contributed by atoms with van der Waals surface area (Å²) in [6.45, 7) is -0.272. The van der Waals surface area contributed by atoms with E-state index in [0.29, 0.717) is 0 Å². The molecule has 0 rings (SSSR count). The second-order valence-corrected chi connectivity index (χ2v) is 4.57. The lowest BCUT2D eigenvalue weighted by Gasteiger charge is -2.32. The van der Waals surface area contributed by atoms with Gasteiger partial charge in [0.25, 0.3) is 0 Å². The van der Waals surface area contributed by atoms with Crippen molar-refractivity contribution in [1.82, 2.24) is 4.90 Å². The van der Waals surface area contributed by atoms with Crippen molar-refractivity contribution in [3.63, 3.8) is 0 Å². The first kappa shape index (κ1) is 13.8. The maximum absolute atomic E-state index is 10.7. The van der Waals surface area contributed by atoms with Crippen LogP contribution in [0, 0.1) is 0 Å². The van der Waals surface area contributed by atoms with E-state index in [9.17, 15) is 13.5 Å². The molecule has 0 amide bonds. The van der Waals surface area contributed by atoms with Crippen molar-refractivity contribution in [1.29, 1.82) is 0 Å². The number of aliphatic hydroxyl groups excluding tert-OH is 2. The second-order valence-electron chi connectivity index (χ2n) is 2.84. The number of hydrogen-bond donors (Lipinski definition) is 4. The van der Waals surface area contributed by atoms with E-state index < -0.39 is 28.4 Å². The van der Waals surface area contributed by atoms with Crippen LogP contribution in [0.3, 0.4) is 0 Å². The molecule has 0 aromatic carbocycles. The Morgan fingerprint density at radius 1 is 1.21 bits per heavy atom. The Hall–Kier alpha value is -0.250. The lowest BCUT2D eigenvalue weighted by atomic mass is 10.4. The normalized spacial score (nSPS) is 17.0. The van der Waals surface area contributed by atoms with Gasteiger partial charge in [0.15, 0.2) is 0 Å². The van der Waals surface area contributed by atoms with E-state index in [1.54, 1.807) is 0 Å².